The number of carbonyl (C=O) groups is 2. The number of amides is 1. The first-order valence-corrected chi connectivity index (χ1v) is 12.5. The fourth-order valence-corrected chi connectivity index (χ4v) is 6.29. The standard InChI is InChI=1S/C21H26N2O5S2/c1-4-16(23(30(3,26)27)14-10-6-5-7-11-14)19(24)22-20-18(21(25)28-2)15-12-8-9-13-17(15)29-20/h5-7,10-11,16H,4,8-9,12-13H2,1-3H3,(H,22,24). The quantitative estimate of drug-likeness (QED) is 0.651. The van der Waals surface area contributed by atoms with Gasteiger partial charge in [-0.2, -0.15) is 0 Å². The van der Waals surface area contributed by atoms with E-state index in [0.717, 1.165) is 46.7 Å². The highest BCUT2D eigenvalue weighted by molar-refractivity contribution is 7.92. The van der Waals surface area contributed by atoms with Crippen LogP contribution in [-0.4, -0.2) is 39.7 Å². The first-order chi connectivity index (χ1) is 14.3. The van der Waals surface area contributed by atoms with Crippen molar-refractivity contribution in [3.05, 3.63) is 46.3 Å². The Morgan fingerprint density at radius 3 is 2.47 bits per heavy atom. The van der Waals surface area contributed by atoms with Crippen molar-refractivity contribution in [2.75, 3.05) is 23.0 Å². The van der Waals surface area contributed by atoms with E-state index in [4.69, 9.17) is 4.74 Å². The highest BCUT2D eigenvalue weighted by Crippen LogP contribution is 2.39. The molecule has 2 aromatic rings. The number of rotatable bonds is 7. The molecule has 30 heavy (non-hydrogen) atoms. The van der Waals surface area contributed by atoms with E-state index < -0.39 is 27.9 Å². The van der Waals surface area contributed by atoms with Crippen molar-refractivity contribution in [2.24, 2.45) is 0 Å². The third-order valence-corrected chi connectivity index (χ3v) is 7.53. The lowest BCUT2D eigenvalue weighted by Crippen LogP contribution is -2.47. The van der Waals surface area contributed by atoms with Gasteiger partial charge >= 0.3 is 5.97 Å². The molecule has 1 atom stereocenters. The Bertz CT molecular complexity index is 1030. The van der Waals surface area contributed by atoms with Gasteiger partial charge in [-0.05, 0) is 49.8 Å². The van der Waals surface area contributed by atoms with E-state index in [1.54, 1.807) is 37.3 Å². The topological polar surface area (TPSA) is 92.8 Å². The van der Waals surface area contributed by atoms with Gasteiger partial charge < -0.3 is 10.1 Å². The summed E-state index contributed by atoms with van der Waals surface area (Å²) in [5, 5.41) is 3.26. The van der Waals surface area contributed by atoms with Crippen LogP contribution in [0, 0.1) is 0 Å². The maximum absolute atomic E-state index is 13.2. The van der Waals surface area contributed by atoms with E-state index in [1.165, 1.54) is 18.4 Å². The number of aryl methyl sites for hydroxylation is 1. The molecule has 9 heteroatoms. The second kappa shape index (κ2) is 9.18. The number of methoxy groups -OCH3 is 1. The van der Waals surface area contributed by atoms with Crippen LogP contribution >= 0.6 is 11.3 Å². The number of ether oxygens (including phenoxy) is 1. The zero-order valence-corrected chi connectivity index (χ0v) is 18.9. The number of hydrogen-bond donors (Lipinski definition) is 1. The van der Waals surface area contributed by atoms with Crippen molar-refractivity contribution in [1.82, 2.24) is 0 Å². The van der Waals surface area contributed by atoms with Crippen molar-refractivity contribution in [1.29, 1.82) is 0 Å². The fourth-order valence-electron chi connectivity index (χ4n) is 3.80. The molecule has 0 spiro atoms. The van der Waals surface area contributed by atoms with Crippen LogP contribution in [0.4, 0.5) is 10.7 Å². The first-order valence-electron chi connectivity index (χ1n) is 9.86. The smallest absolute Gasteiger partial charge is 0.341 e. The molecule has 1 unspecified atom stereocenters. The Labute approximate surface area is 181 Å². The Hall–Kier alpha value is -2.39. The first kappa shape index (κ1) is 22.3. The Balaban J connectivity index is 1.97. The molecule has 0 aliphatic heterocycles. The number of nitrogens with zero attached hydrogens (tertiary/aromatic N) is 1. The van der Waals surface area contributed by atoms with Crippen LogP contribution in [0.3, 0.4) is 0 Å². The van der Waals surface area contributed by atoms with Gasteiger partial charge in [0.05, 0.1) is 24.6 Å². The second-order valence-electron chi connectivity index (χ2n) is 7.21. The molecule has 1 amide bonds. The predicted molar refractivity (Wildman–Crippen MR) is 119 cm³/mol. The monoisotopic (exact) mass is 450 g/mol. The highest BCUT2D eigenvalue weighted by Gasteiger charge is 2.33. The average Bonchev–Trinajstić information content (AvgIpc) is 3.08. The molecule has 0 radical (unpaired) electrons. The van der Waals surface area contributed by atoms with E-state index in [0.29, 0.717) is 16.3 Å². The van der Waals surface area contributed by atoms with Crippen LogP contribution in [0.15, 0.2) is 30.3 Å². The minimum Gasteiger partial charge on any atom is -0.465 e. The van der Waals surface area contributed by atoms with Gasteiger partial charge in [0.2, 0.25) is 15.9 Å². The van der Waals surface area contributed by atoms with Gasteiger partial charge in [0.15, 0.2) is 0 Å². The number of thiophene rings is 1. The van der Waals surface area contributed by atoms with E-state index in [-0.39, 0.29) is 6.42 Å². The molecule has 1 aromatic heterocycles. The SMILES string of the molecule is CCC(C(=O)Nc1sc2c(c1C(=O)OC)CCCC2)N(c1ccccc1)S(C)(=O)=O. The van der Waals surface area contributed by atoms with Gasteiger partial charge in [-0.15, -0.1) is 11.3 Å². The number of para-hydroxylation sites is 1. The third kappa shape index (κ3) is 4.52. The van der Waals surface area contributed by atoms with Crippen LogP contribution in [0.5, 0.6) is 0 Å². The molecular weight excluding hydrogens is 424 g/mol. The molecule has 1 aromatic carbocycles. The van der Waals surface area contributed by atoms with Crippen LogP contribution in [0.25, 0.3) is 0 Å². The van der Waals surface area contributed by atoms with Crippen molar-refractivity contribution in [3.8, 4) is 0 Å². The molecule has 1 heterocycles. The maximum atomic E-state index is 13.2. The van der Waals surface area contributed by atoms with E-state index in [9.17, 15) is 18.0 Å². The minimum atomic E-state index is -3.72. The lowest BCUT2D eigenvalue weighted by Gasteiger charge is -2.30. The summed E-state index contributed by atoms with van der Waals surface area (Å²) in [6.07, 6.45) is 5.00. The molecule has 3 rings (SSSR count). The summed E-state index contributed by atoms with van der Waals surface area (Å²) >= 11 is 1.38. The number of nitrogens with one attached hydrogen (secondary N) is 1. The highest BCUT2D eigenvalue weighted by atomic mass is 32.2. The molecule has 0 fully saturated rings. The van der Waals surface area contributed by atoms with Crippen LogP contribution < -0.4 is 9.62 Å². The molecule has 162 valence electrons. The van der Waals surface area contributed by atoms with Crippen molar-refractivity contribution < 1.29 is 22.7 Å². The maximum Gasteiger partial charge on any atom is 0.341 e. The molecule has 0 saturated carbocycles. The second-order valence-corrected chi connectivity index (χ2v) is 10.2. The molecule has 1 aliphatic carbocycles. The van der Waals surface area contributed by atoms with Crippen molar-refractivity contribution >= 4 is 43.9 Å². The van der Waals surface area contributed by atoms with E-state index in [2.05, 4.69) is 5.32 Å². The summed E-state index contributed by atoms with van der Waals surface area (Å²) in [4.78, 5) is 26.7. The molecular formula is C21H26N2O5S2. The molecule has 0 saturated heterocycles. The van der Waals surface area contributed by atoms with Gasteiger partial charge in [-0.1, -0.05) is 25.1 Å². The summed E-state index contributed by atoms with van der Waals surface area (Å²) in [6, 6.07) is 7.58. The van der Waals surface area contributed by atoms with Crippen LogP contribution in [-0.2, 0) is 32.4 Å². The van der Waals surface area contributed by atoms with Crippen molar-refractivity contribution in [3.63, 3.8) is 0 Å². The summed E-state index contributed by atoms with van der Waals surface area (Å²) in [6.45, 7) is 1.76. The number of fused-ring (bicyclic) bond motifs is 1. The van der Waals surface area contributed by atoms with Crippen molar-refractivity contribution in [2.45, 2.75) is 45.1 Å². The fraction of sp³-hybridized carbons (Fsp3) is 0.429. The molecule has 1 N–H and O–H groups in total. The number of hydrogen-bond acceptors (Lipinski definition) is 6. The van der Waals surface area contributed by atoms with Crippen LogP contribution in [0.2, 0.25) is 0 Å². The average molecular weight is 451 g/mol. The molecule has 1 aliphatic rings. The molecule has 7 nitrogen and oxygen atoms in total. The summed E-state index contributed by atoms with van der Waals surface area (Å²) in [7, 11) is -2.40. The van der Waals surface area contributed by atoms with Gasteiger partial charge in [0.1, 0.15) is 11.0 Å². The predicted octanol–water partition coefficient (Wildman–Crippen LogP) is 3.60. The normalized spacial score (nSPS) is 14.5. The number of carbonyl (C=O) groups excluding carboxylic acids is 2. The lowest BCUT2D eigenvalue weighted by molar-refractivity contribution is -0.117. The number of anilines is 2. The van der Waals surface area contributed by atoms with E-state index in [1.807, 2.05) is 0 Å². The summed E-state index contributed by atoms with van der Waals surface area (Å²) in [5.41, 5.74) is 1.75. The summed E-state index contributed by atoms with van der Waals surface area (Å²) < 4.78 is 31.2. The third-order valence-electron chi connectivity index (χ3n) is 5.14. The Morgan fingerprint density at radius 2 is 1.87 bits per heavy atom. The van der Waals surface area contributed by atoms with Gasteiger partial charge in [0, 0.05) is 4.88 Å². The number of esters is 1. The van der Waals surface area contributed by atoms with E-state index >= 15 is 0 Å². The number of sulfonamides is 1. The Morgan fingerprint density at radius 1 is 1.20 bits per heavy atom. The number of benzene rings is 1. The Kier molecular flexibility index (Phi) is 6.82. The summed E-state index contributed by atoms with van der Waals surface area (Å²) in [5.74, 6) is -0.962. The lowest BCUT2D eigenvalue weighted by atomic mass is 9.95. The van der Waals surface area contributed by atoms with Gasteiger partial charge in [-0.25, -0.2) is 13.2 Å². The van der Waals surface area contributed by atoms with Gasteiger partial charge in [0.25, 0.3) is 0 Å². The molecule has 0 bridgehead atoms. The van der Waals surface area contributed by atoms with Crippen LogP contribution in [0.1, 0.15) is 47.0 Å². The zero-order valence-electron chi connectivity index (χ0n) is 17.3. The zero-order chi connectivity index (χ0) is 21.9. The largest absolute Gasteiger partial charge is 0.465 e. The van der Waals surface area contributed by atoms with Gasteiger partial charge in [-0.3, -0.25) is 9.10 Å². The minimum absolute atomic E-state index is 0.270.